The Kier molecular flexibility index (Phi) is 3.66. The van der Waals surface area contributed by atoms with Crippen LogP contribution in [0.3, 0.4) is 0 Å². The Labute approximate surface area is 118 Å². The van der Waals surface area contributed by atoms with Crippen molar-refractivity contribution in [3.8, 4) is 0 Å². The molecule has 3 rings (SSSR count). The number of fused-ring (bicyclic) bond motifs is 1. The van der Waals surface area contributed by atoms with Crippen LogP contribution in [-0.2, 0) is 33.0 Å². The molecule has 2 aromatic rings. The van der Waals surface area contributed by atoms with E-state index in [1.54, 1.807) is 16.8 Å². The molecule has 0 atom stereocenters. The van der Waals surface area contributed by atoms with Crippen LogP contribution in [0.4, 0.5) is 0 Å². The minimum Gasteiger partial charge on any atom is -0.320 e. The zero-order valence-electron chi connectivity index (χ0n) is 11.6. The molecule has 0 N–H and O–H groups in total. The summed E-state index contributed by atoms with van der Waals surface area (Å²) in [5, 5.41) is 10.4. The number of aromatic nitrogens is 3. The molecule has 0 unspecified atom stereocenters. The summed E-state index contributed by atoms with van der Waals surface area (Å²) in [6.07, 6.45) is 7.03. The van der Waals surface area contributed by atoms with Crippen molar-refractivity contribution in [1.82, 2.24) is 19.7 Å². The maximum absolute atomic E-state index is 4.15. The van der Waals surface area contributed by atoms with Gasteiger partial charge in [0.05, 0.1) is 6.54 Å². The number of aryl methyl sites for hydroxylation is 2. The Morgan fingerprint density at radius 2 is 2.16 bits per heavy atom. The Hall–Kier alpha value is -1.20. The zero-order valence-corrected chi connectivity index (χ0v) is 12.4. The van der Waals surface area contributed by atoms with Crippen molar-refractivity contribution in [2.45, 2.75) is 38.8 Å². The molecule has 0 spiro atoms. The average Bonchev–Trinajstić information content (AvgIpc) is 2.98. The van der Waals surface area contributed by atoms with Crippen LogP contribution in [0.2, 0.25) is 0 Å². The van der Waals surface area contributed by atoms with Crippen LogP contribution in [0.5, 0.6) is 0 Å². The quantitative estimate of drug-likeness (QED) is 0.860. The Balaban J connectivity index is 1.68. The third kappa shape index (κ3) is 2.72. The molecule has 0 aromatic carbocycles. The van der Waals surface area contributed by atoms with Gasteiger partial charge in [0.25, 0.3) is 0 Å². The molecular weight excluding hydrogens is 256 g/mol. The summed E-state index contributed by atoms with van der Waals surface area (Å²) in [4.78, 5) is 3.94. The highest BCUT2D eigenvalue weighted by molar-refractivity contribution is 7.10. The molecule has 1 aliphatic carbocycles. The second-order valence-electron chi connectivity index (χ2n) is 5.40. The number of nitrogens with zero attached hydrogens (tertiary/aromatic N) is 4. The van der Waals surface area contributed by atoms with Crippen LogP contribution >= 0.6 is 11.3 Å². The maximum Gasteiger partial charge on any atom is 0.146 e. The average molecular weight is 276 g/mol. The molecule has 0 saturated heterocycles. The Bertz CT molecular complexity index is 558. The van der Waals surface area contributed by atoms with Crippen LogP contribution < -0.4 is 0 Å². The summed E-state index contributed by atoms with van der Waals surface area (Å²) in [6.45, 7) is 1.86. The van der Waals surface area contributed by atoms with Gasteiger partial charge in [-0.15, -0.1) is 21.5 Å². The highest BCUT2D eigenvalue weighted by atomic mass is 32.1. The second-order valence-corrected chi connectivity index (χ2v) is 6.36. The van der Waals surface area contributed by atoms with Gasteiger partial charge in [0.1, 0.15) is 12.2 Å². The fraction of sp³-hybridized carbons (Fsp3) is 0.571. The van der Waals surface area contributed by atoms with Crippen LogP contribution in [0.1, 0.15) is 34.7 Å². The van der Waals surface area contributed by atoms with Crippen molar-refractivity contribution in [3.63, 3.8) is 0 Å². The first-order chi connectivity index (χ1) is 9.24. The maximum atomic E-state index is 4.15. The molecule has 0 bridgehead atoms. The molecule has 0 amide bonds. The molecule has 19 heavy (non-hydrogen) atoms. The molecule has 0 radical (unpaired) electrons. The minimum absolute atomic E-state index is 0.848. The van der Waals surface area contributed by atoms with Crippen molar-refractivity contribution in [1.29, 1.82) is 0 Å². The van der Waals surface area contributed by atoms with E-state index in [4.69, 9.17) is 0 Å². The lowest BCUT2D eigenvalue weighted by Crippen LogP contribution is -2.20. The molecule has 102 valence electrons. The van der Waals surface area contributed by atoms with Crippen molar-refractivity contribution in [2.24, 2.45) is 7.05 Å². The van der Waals surface area contributed by atoms with Crippen LogP contribution in [-0.4, -0.2) is 26.7 Å². The van der Waals surface area contributed by atoms with Gasteiger partial charge in [-0.2, -0.15) is 0 Å². The molecule has 2 aromatic heterocycles. The summed E-state index contributed by atoms with van der Waals surface area (Å²) < 4.78 is 1.99. The number of rotatable bonds is 4. The normalized spacial score (nSPS) is 14.9. The van der Waals surface area contributed by atoms with Crippen molar-refractivity contribution >= 4 is 11.3 Å². The smallest absolute Gasteiger partial charge is 0.146 e. The van der Waals surface area contributed by atoms with Gasteiger partial charge in [-0.05, 0) is 49.2 Å². The monoisotopic (exact) mass is 276 g/mol. The summed E-state index contributed by atoms with van der Waals surface area (Å²) in [7, 11) is 4.15. The molecular formula is C14H20N4S. The lowest BCUT2D eigenvalue weighted by atomic mass is 9.96. The molecule has 2 heterocycles. The number of thiophene rings is 1. The van der Waals surface area contributed by atoms with Gasteiger partial charge < -0.3 is 4.57 Å². The minimum atomic E-state index is 0.848. The van der Waals surface area contributed by atoms with Crippen molar-refractivity contribution in [3.05, 3.63) is 33.5 Å². The van der Waals surface area contributed by atoms with E-state index in [1.807, 2.05) is 23.0 Å². The fourth-order valence-electron chi connectivity index (χ4n) is 2.73. The molecule has 5 heteroatoms. The first-order valence-electron chi connectivity index (χ1n) is 6.83. The Morgan fingerprint density at radius 1 is 1.32 bits per heavy atom. The molecule has 0 aliphatic heterocycles. The van der Waals surface area contributed by atoms with Crippen molar-refractivity contribution < 1.29 is 0 Å². The van der Waals surface area contributed by atoms with Gasteiger partial charge in [-0.25, -0.2) is 0 Å². The highest BCUT2D eigenvalue weighted by Crippen LogP contribution is 2.30. The van der Waals surface area contributed by atoms with E-state index >= 15 is 0 Å². The topological polar surface area (TPSA) is 34.0 Å². The van der Waals surface area contributed by atoms with Crippen LogP contribution in [0.15, 0.2) is 11.7 Å². The lowest BCUT2D eigenvalue weighted by molar-refractivity contribution is 0.306. The van der Waals surface area contributed by atoms with Crippen LogP contribution in [0.25, 0.3) is 0 Å². The summed E-state index contributed by atoms with van der Waals surface area (Å²) in [6, 6.07) is 0. The Morgan fingerprint density at radius 3 is 2.95 bits per heavy atom. The first-order valence-corrected chi connectivity index (χ1v) is 7.71. The summed E-state index contributed by atoms with van der Waals surface area (Å²) >= 11 is 1.95. The molecule has 0 saturated carbocycles. The van der Waals surface area contributed by atoms with E-state index in [-0.39, 0.29) is 0 Å². The largest absolute Gasteiger partial charge is 0.320 e. The summed E-state index contributed by atoms with van der Waals surface area (Å²) in [5.41, 5.74) is 3.14. The van der Waals surface area contributed by atoms with Gasteiger partial charge in [0, 0.05) is 18.5 Å². The number of hydrogen-bond donors (Lipinski definition) is 0. The van der Waals surface area contributed by atoms with Crippen molar-refractivity contribution in [2.75, 3.05) is 7.05 Å². The van der Waals surface area contributed by atoms with E-state index < -0.39 is 0 Å². The second kappa shape index (κ2) is 5.43. The lowest BCUT2D eigenvalue weighted by Gasteiger charge is -2.18. The van der Waals surface area contributed by atoms with E-state index in [2.05, 4.69) is 27.5 Å². The highest BCUT2D eigenvalue weighted by Gasteiger charge is 2.16. The third-order valence-corrected chi connectivity index (χ3v) is 4.94. The standard InChI is InChI=1S/C14H20N4S/c1-17(8-14-16-15-10-18(14)2)7-11-9-19-13-6-4-3-5-12(11)13/h9-10H,3-8H2,1-2H3. The zero-order chi connectivity index (χ0) is 13.2. The van der Waals surface area contributed by atoms with E-state index in [1.165, 1.54) is 31.2 Å². The van der Waals surface area contributed by atoms with Gasteiger partial charge in [-0.1, -0.05) is 0 Å². The SMILES string of the molecule is CN(Cc1csc2c1CCCC2)Cc1nncn1C. The van der Waals surface area contributed by atoms with Gasteiger partial charge >= 0.3 is 0 Å². The summed E-state index contributed by atoms with van der Waals surface area (Å²) in [5.74, 6) is 1.02. The molecule has 4 nitrogen and oxygen atoms in total. The van der Waals surface area contributed by atoms with Gasteiger partial charge in [0.15, 0.2) is 0 Å². The predicted molar refractivity (Wildman–Crippen MR) is 77.1 cm³/mol. The predicted octanol–water partition coefficient (Wildman–Crippen LogP) is 2.39. The first kappa shape index (κ1) is 12.8. The van der Waals surface area contributed by atoms with Crippen LogP contribution in [0, 0.1) is 0 Å². The number of hydrogen-bond acceptors (Lipinski definition) is 4. The van der Waals surface area contributed by atoms with Gasteiger partial charge in [-0.3, -0.25) is 4.90 Å². The van der Waals surface area contributed by atoms with E-state index in [0.717, 1.165) is 18.9 Å². The molecule has 1 aliphatic rings. The fourth-order valence-corrected chi connectivity index (χ4v) is 3.87. The molecule has 0 fully saturated rings. The van der Waals surface area contributed by atoms with E-state index in [0.29, 0.717) is 0 Å². The van der Waals surface area contributed by atoms with Gasteiger partial charge in [0.2, 0.25) is 0 Å². The third-order valence-electron chi connectivity index (χ3n) is 3.81. The van der Waals surface area contributed by atoms with E-state index in [9.17, 15) is 0 Å².